The second-order valence-corrected chi connectivity index (χ2v) is 18.1. The highest BCUT2D eigenvalue weighted by Gasteiger charge is 2.38. The van der Waals surface area contributed by atoms with E-state index in [4.69, 9.17) is 19.9 Å². The Bertz CT molecular complexity index is 2910. The number of hydrogen-bond donors (Lipinski definition) is 5. The molecule has 328 valence electrons. The number of anilines is 1. The standard InChI is InChI=1S/C42H43N9O10S2/c1-59-30-13-7-26(8-14-30)22-50(23-27-9-15-31(60-2)16-10-27)63(57,58)39-36(62(55,56)25-29(52)21-44-42(53)54)20-19-33(34-5-4-6-35-38(34)46-41(43)45-35)37(39)40-47-49-51(48-40)24-28-11-17-32(61-3)18-12-28/h4-20,29,44,52H,21-25H2,1-3H3,(H,53,54)(H3,43,45,46). The number of tetrazole rings is 1. The number of benzene rings is 5. The Kier molecular flexibility index (Phi) is 12.9. The lowest BCUT2D eigenvalue weighted by Crippen LogP contribution is -2.36. The molecule has 0 saturated heterocycles. The first-order chi connectivity index (χ1) is 30.2. The molecule has 7 aromatic rings. The summed E-state index contributed by atoms with van der Waals surface area (Å²) in [6.07, 6.45) is -3.27. The van der Waals surface area contributed by atoms with Crippen molar-refractivity contribution in [1.82, 2.24) is 39.8 Å². The number of nitrogens with zero attached hydrogens (tertiary/aromatic N) is 6. The average Bonchev–Trinajstić information content (AvgIpc) is 3.91. The fourth-order valence-electron chi connectivity index (χ4n) is 6.92. The number of aromatic amines is 1. The van der Waals surface area contributed by atoms with E-state index in [1.807, 2.05) is 5.32 Å². The minimum Gasteiger partial charge on any atom is -0.497 e. The molecular weight excluding hydrogens is 855 g/mol. The molecule has 6 N–H and O–H groups in total. The number of ether oxygens (including phenoxy) is 3. The summed E-state index contributed by atoms with van der Waals surface area (Å²) in [7, 11) is -5.26. The summed E-state index contributed by atoms with van der Waals surface area (Å²) in [5.41, 5.74) is 9.03. The molecule has 2 aromatic heterocycles. The molecule has 0 aliphatic carbocycles. The van der Waals surface area contributed by atoms with Gasteiger partial charge in [0.15, 0.2) is 15.8 Å². The van der Waals surface area contributed by atoms with Crippen molar-refractivity contribution < 1.29 is 46.1 Å². The molecule has 1 atom stereocenters. The van der Waals surface area contributed by atoms with Gasteiger partial charge < -0.3 is 40.5 Å². The number of carboxylic acid groups (broad SMARTS) is 1. The van der Waals surface area contributed by atoms with Crippen LogP contribution in [0.4, 0.5) is 10.7 Å². The Morgan fingerprint density at radius 2 is 1.38 bits per heavy atom. The summed E-state index contributed by atoms with van der Waals surface area (Å²) >= 11 is 0. The number of para-hydroxylation sites is 1. The molecule has 5 aromatic carbocycles. The maximum Gasteiger partial charge on any atom is 0.404 e. The van der Waals surface area contributed by atoms with Crippen molar-refractivity contribution in [2.24, 2.45) is 0 Å². The lowest BCUT2D eigenvalue weighted by atomic mass is 9.98. The van der Waals surface area contributed by atoms with E-state index in [-0.39, 0.29) is 42.5 Å². The molecule has 21 heteroatoms. The van der Waals surface area contributed by atoms with Gasteiger partial charge in [0.1, 0.15) is 22.1 Å². The molecular formula is C42H43N9O10S2. The van der Waals surface area contributed by atoms with Crippen LogP contribution in [0.1, 0.15) is 16.7 Å². The second-order valence-electron chi connectivity index (χ2n) is 14.2. The number of rotatable bonds is 18. The maximum atomic E-state index is 15.9. The minimum atomic E-state index is -5.00. The van der Waals surface area contributed by atoms with Crippen LogP contribution in [0.5, 0.6) is 17.2 Å². The lowest BCUT2D eigenvalue weighted by molar-refractivity contribution is 0.169. The van der Waals surface area contributed by atoms with E-state index < -0.39 is 54.1 Å². The first-order valence-corrected chi connectivity index (χ1v) is 22.2. The molecule has 2 heterocycles. The Morgan fingerprint density at radius 1 is 0.810 bits per heavy atom. The number of carbonyl (C=O) groups is 1. The van der Waals surface area contributed by atoms with Gasteiger partial charge in [-0.15, -0.1) is 10.2 Å². The number of fused-ring (bicyclic) bond motifs is 1. The molecule has 0 radical (unpaired) electrons. The number of aliphatic hydroxyl groups is 1. The Morgan fingerprint density at radius 3 is 1.94 bits per heavy atom. The van der Waals surface area contributed by atoms with Gasteiger partial charge in [-0.1, -0.05) is 54.6 Å². The van der Waals surface area contributed by atoms with Crippen LogP contribution in [0.25, 0.3) is 33.5 Å². The van der Waals surface area contributed by atoms with E-state index in [1.54, 1.807) is 98.1 Å². The van der Waals surface area contributed by atoms with E-state index in [0.717, 1.165) is 15.9 Å². The fraction of sp³-hybridized carbons (Fsp3) is 0.214. The number of nitrogens with two attached hydrogens (primary N) is 1. The predicted octanol–water partition coefficient (Wildman–Crippen LogP) is 4.33. The van der Waals surface area contributed by atoms with Crippen molar-refractivity contribution in [3.8, 4) is 39.8 Å². The van der Waals surface area contributed by atoms with E-state index in [2.05, 4.69) is 25.4 Å². The number of nitrogens with one attached hydrogen (secondary N) is 2. The Balaban J connectivity index is 1.50. The van der Waals surface area contributed by atoms with Gasteiger partial charge in [0.25, 0.3) is 0 Å². The molecule has 7 rings (SSSR count). The third kappa shape index (κ3) is 9.86. The zero-order chi connectivity index (χ0) is 44.9. The molecule has 19 nitrogen and oxygen atoms in total. The van der Waals surface area contributed by atoms with Crippen molar-refractivity contribution in [3.63, 3.8) is 0 Å². The Hall–Kier alpha value is -7.07. The molecule has 63 heavy (non-hydrogen) atoms. The molecule has 0 spiro atoms. The third-order valence-electron chi connectivity index (χ3n) is 9.97. The number of imidazole rings is 1. The molecule has 0 aliphatic rings. The van der Waals surface area contributed by atoms with Gasteiger partial charge >= 0.3 is 6.09 Å². The maximum absolute atomic E-state index is 15.9. The number of aliphatic hydroxyl groups excluding tert-OH is 1. The largest absolute Gasteiger partial charge is 0.497 e. The summed E-state index contributed by atoms with van der Waals surface area (Å²) in [5, 5.41) is 35.2. The highest BCUT2D eigenvalue weighted by atomic mass is 32.2. The van der Waals surface area contributed by atoms with Crippen LogP contribution in [-0.2, 0) is 39.5 Å². The fourth-order valence-corrected chi connectivity index (χ4v) is 10.8. The van der Waals surface area contributed by atoms with Crippen molar-refractivity contribution in [2.45, 2.75) is 35.5 Å². The van der Waals surface area contributed by atoms with Crippen molar-refractivity contribution in [1.29, 1.82) is 0 Å². The summed E-state index contributed by atoms with van der Waals surface area (Å²) in [6.45, 7) is -1.08. The number of nitrogen functional groups attached to an aromatic ring is 1. The van der Waals surface area contributed by atoms with Gasteiger partial charge in [0.05, 0.1) is 61.2 Å². The van der Waals surface area contributed by atoms with E-state index >= 15 is 8.42 Å². The van der Waals surface area contributed by atoms with Crippen LogP contribution in [0.3, 0.4) is 0 Å². The molecule has 1 unspecified atom stereocenters. The zero-order valence-electron chi connectivity index (χ0n) is 34.2. The zero-order valence-corrected chi connectivity index (χ0v) is 35.8. The topological polar surface area (TPSA) is 267 Å². The predicted molar refractivity (Wildman–Crippen MR) is 231 cm³/mol. The SMILES string of the molecule is COc1ccc(CN(Cc2ccc(OC)cc2)S(=O)(=O)c2c(S(=O)(=O)CC(O)CNC(=O)O)ccc(-c3cccc4[nH]c(N)nc34)c2-c2nnn(Cc3ccc(OC)cc3)n2)cc1. The first kappa shape index (κ1) is 44.0. The first-order valence-electron chi connectivity index (χ1n) is 19.2. The second kappa shape index (κ2) is 18.5. The van der Waals surface area contributed by atoms with Crippen LogP contribution >= 0.6 is 0 Å². The minimum absolute atomic E-state index is 0.0729. The van der Waals surface area contributed by atoms with Gasteiger partial charge in [-0.05, 0) is 76.0 Å². The molecule has 1 amide bonds. The van der Waals surface area contributed by atoms with Crippen molar-refractivity contribution in [2.75, 3.05) is 39.4 Å². The third-order valence-corrected chi connectivity index (χ3v) is 13.8. The van der Waals surface area contributed by atoms with Gasteiger partial charge in [-0.25, -0.2) is 26.6 Å². The van der Waals surface area contributed by atoms with Crippen LogP contribution in [-0.4, -0.2) is 107 Å². The molecule has 0 fully saturated rings. The smallest absolute Gasteiger partial charge is 0.404 e. The Labute approximate surface area is 362 Å². The lowest BCUT2D eigenvalue weighted by Gasteiger charge is -2.26. The number of H-pyrrole nitrogens is 1. The normalized spacial score (nSPS) is 12.3. The van der Waals surface area contributed by atoms with Crippen molar-refractivity contribution in [3.05, 3.63) is 120 Å². The monoisotopic (exact) mass is 897 g/mol. The van der Waals surface area contributed by atoms with Gasteiger partial charge in [0, 0.05) is 25.2 Å². The van der Waals surface area contributed by atoms with Gasteiger partial charge in [0.2, 0.25) is 15.8 Å². The van der Waals surface area contributed by atoms with E-state index in [9.17, 15) is 23.4 Å². The summed E-state index contributed by atoms with van der Waals surface area (Å²) in [5.74, 6) is 0.433. The number of amides is 1. The molecule has 0 bridgehead atoms. The summed E-state index contributed by atoms with van der Waals surface area (Å²) < 4.78 is 78.1. The highest BCUT2D eigenvalue weighted by molar-refractivity contribution is 7.93. The number of hydrogen-bond acceptors (Lipinski definition) is 14. The van der Waals surface area contributed by atoms with Crippen molar-refractivity contribution >= 4 is 42.9 Å². The number of aromatic nitrogens is 6. The molecule has 0 saturated carbocycles. The number of sulfonamides is 1. The average molecular weight is 898 g/mol. The van der Waals surface area contributed by atoms with E-state index in [0.29, 0.717) is 45.0 Å². The van der Waals surface area contributed by atoms with Crippen LogP contribution in [0, 0.1) is 0 Å². The van der Waals surface area contributed by atoms with E-state index in [1.165, 1.54) is 25.1 Å². The summed E-state index contributed by atoms with van der Waals surface area (Å²) in [6, 6.07) is 28.1. The van der Waals surface area contributed by atoms with Gasteiger partial charge in [-0.3, -0.25) is 0 Å². The van der Waals surface area contributed by atoms with Crippen LogP contribution < -0.4 is 25.3 Å². The van der Waals surface area contributed by atoms with Crippen LogP contribution in [0.2, 0.25) is 0 Å². The summed E-state index contributed by atoms with van der Waals surface area (Å²) in [4.78, 5) is 18.5. The number of sulfone groups is 1. The molecule has 0 aliphatic heterocycles. The van der Waals surface area contributed by atoms with Crippen LogP contribution in [0.15, 0.2) is 113 Å². The number of methoxy groups -OCH3 is 3. The van der Waals surface area contributed by atoms with Gasteiger partial charge in [-0.2, -0.15) is 9.10 Å². The highest BCUT2D eigenvalue weighted by Crippen LogP contribution is 2.43. The quantitative estimate of drug-likeness (QED) is 0.0802.